The number of oxazole rings is 2. The average molecular weight is 606 g/mol. The molecule has 12 nitrogen and oxygen atoms in total. The molecule has 232 valence electrons. The molecule has 0 amide bonds. The number of ether oxygens (including phenoxy) is 5. The molecule has 0 fully saturated rings. The number of hydrogen-bond acceptors (Lipinski definition) is 11. The van der Waals surface area contributed by atoms with Crippen molar-refractivity contribution in [1.82, 2.24) is 9.55 Å². The third kappa shape index (κ3) is 5.62. The van der Waals surface area contributed by atoms with Gasteiger partial charge in [0.25, 0.3) is 6.01 Å². The summed E-state index contributed by atoms with van der Waals surface area (Å²) >= 11 is 0. The zero-order valence-electron chi connectivity index (χ0n) is 25.6. The maximum Gasteiger partial charge on any atom is 0.362 e. The SMILES string of the molecule is CCOC(=O)C1=c2oc(=O)/c(=C\c3ccc(OC)c(OC(C)C)c3)n2-c2oc(N)nc2C1c1ccc(OC)c(OC(C)C)c1. The summed E-state index contributed by atoms with van der Waals surface area (Å²) in [6, 6.07) is 10.3. The molecule has 1 aliphatic rings. The Morgan fingerprint density at radius 3 is 2.23 bits per heavy atom. The fourth-order valence-electron chi connectivity index (χ4n) is 5.08. The van der Waals surface area contributed by atoms with Crippen LogP contribution in [-0.2, 0) is 9.53 Å². The number of carbonyl (C=O) groups is 1. The maximum absolute atomic E-state index is 13.6. The van der Waals surface area contributed by atoms with Gasteiger partial charge in [-0.25, -0.2) is 14.2 Å². The summed E-state index contributed by atoms with van der Waals surface area (Å²) in [6.07, 6.45) is 1.32. The molecule has 0 aliphatic carbocycles. The van der Waals surface area contributed by atoms with Crippen molar-refractivity contribution in [3.63, 3.8) is 0 Å². The Balaban J connectivity index is 1.82. The monoisotopic (exact) mass is 605 g/mol. The van der Waals surface area contributed by atoms with Crippen LogP contribution in [0.1, 0.15) is 57.4 Å². The Hall–Kier alpha value is -5.13. The van der Waals surface area contributed by atoms with Gasteiger partial charge in [0.15, 0.2) is 23.0 Å². The summed E-state index contributed by atoms with van der Waals surface area (Å²) in [6.45, 7) is 9.34. The Kier molecular flexibility index (Phi) is 8.43. The van der Waals surface area contributed by atoms with E-state index in [1.54, 1.807) is 56.5 Å². The minimum atomic E-state index is -0.879. The molecular formula is C32H35N3O9. The molecule has 1 aliphatic heterocycles. The predicted octanol–water partition coefficient (Wildman–Crippen LogP) is 3.28. The fourth-order valence-corrected chi connectivity index (χ4v) is 5.08. The largest absolute Gasteiger partial charge is 0.493 e. The summed E-state index contributed by atoms with van der Waals surface area (Å²) in [7, 11) is 3.08. The lowest BCUT2D eigenvalue weighted by molar-refractivity contribution is -0.136. The van der Waals surface area contributed by atoms with Crippen LogP contribution >= 0.6 is 0 Å². The molecule has 0 saturated carbocycles. The minimum Gasteiger partial charge on any atom is -0.493 e. The van der Waals surface area contributed by atoms with Gasteiger partial charge in [-0.2, -0.15) is 4.98 Å². The zero-order valence-corrected chi connectivity index (χ0v) is 25.6. The van der Waals surface area contributed by atoms with Gasteiger partial charge >= 0.3 is 11.6 Å². The van der Waals surface area contributed by atoms with Gasteiger partial charge < -0.3 is 38.3 Å². The second-order valence-electron chi connectivity index (χ2n) is 10.5. The lowest BCUT2D eigenvalue weighted by Crippen LogP contribution is -2.37. The van der Waals surface area contributed by atoms with E-state index in [-0.39, 0.29) is 52.9 Å². The Bertz CT molecular complexity index is 1880. The second-order valence-corrected chi connectivity index (χ2v) is 10.5. The van der Waals surface area contributed by atoms with Gasteiger partial charge in [0.05, 0.1) is 39.0 Å². The van der Waals surface area contributed by atoms with Crippen molar-refractivity contribution < 1.29 is 37.3 Å². The number of rotatable bonds is 10. The van der Waals surface area contributed by atoms with Gasteiger partial charge in [0, 0.05) is 0 Å². The Morgan fingerprint density at radius 1 is 0.977 bits per heavy atom. The highest BCUT2D eigenvalue weighted by atomic mass is 16.5. The molecule has 0 saturated heterocycles. The average Bonchev–Trinajstić information content (AvgIpc) is 3.50. The molecule has 4 aromatic rings. The number of methoxy groups -OCH3 is 2. The number of nitrogens with two attached hydrogens (primary N) is 1. The lowest BCUT2D eigenvalue weighted by Gasteiger charge is -2.23. The number of hydrogen-bond donors (Lipinski definition) is 1. The Morgan fingerprint density at radius 2 is 1.61 bits per heavy atom. The van der Waals surface area contributed by atoms with Gasteiger partial charge in [-0.3, -0.25) is 0 Å². The predicted molar refractivity (Wildman–Crippen MR) is 161 cm³/mol. The summed E-state index contributed by atoms with van der Waals surface area (Å²) in [5.41, 5.74) is 6.82. The van der Waals surface area contributed by atoms with E-state index in [9.17, 15) is 9.59 Å². The highest BCUT2D eigenvalue weighted by molar-refractivity contribution is 6.12. The van der Waals surface area contributed by atoms with Gasteiger partial charge in [-0.15, -0.1) is 0 Å². The van der Waals surface area contributed by atoms with Crippen molar-refractivity contribution in [2.75, 3.05) is 26.6 Å². The first-order chi connectivity index (χ1) is 21.1. The van der Waals surface area contributed by atoms with Crippen LogP contribution < -0.4 is 41.2 Å². The molecule has 1 unspecified atom stereocenters. The van der Waals surface area contributed by atoms with Crippen molar-refractivity contribution in [2.24, 2.45) is 0 Å². The molecule has 0 radical (unpaired) electrons. The van der Waals surface area contributed by atoms with Crippen molar-refractivity contribution >= 4 is 23.6 Å². The van der Waals surface area contributed by atoms with E-state index < -0.39 is 17.5 Å². The van der Waals surface area contributed by atoms with Crippen LogP contribution in [0.15, 0.2) is 50.0 Å². The van der Waals surface area contributed by atoms with E-state index in [0.717, 1.165) is 0 Å². The number of fused-ring (bicyclic) bond motifs is 3. The quantitative estimate of drug-likeness (QED) is 0.265. The number of nitrogen functional groups attached to an aromatic ring is 1. The topological polar surface area (TPSA) is 150 Å². The number of benzene rings is 2. The highest BCUT2D eigenvalue weighted by Gasteiger charge is 2.40. The minimum absolute atomic E-state index is 0.0450. The first-order valence-electron chi connectivity index (χ1n) is 14.2. The Labute approximate surface area is 253 Å². The number of nitrogens with zero attached hydrogens (tertiary/aromatic N) is 2. The normalized spacial score (nSPS) is 14.4. The lowest BCUT2D eigenvalue weighted by atomic mass is 9.86. The van der Waals surface area contributed by atoms with Crippen molar-refractivity contribution in [3.8, 4) is 28.9 Å². The van der Waals surface area contributed by atoms with E-state index in [4.69, 9.17) is 38.3 Å². The standard InChI is InChI=1S/C32H35N3O9/c1-8-40-31(37)26-25(19-10-12-22(39-7)24(15-19)42-17(4)5)27-29(44-32(33)34-27)35-20(30(36)43-28(26)35)13-18-9-11-21(38-6)23(14-18)41-16(2)3/h9-17,25H,8H2,1-7H3,(H2,33,34)/b20-13+. The summed E-state index contributed by atoms with van der Waals surface area (Å²) in [4.78, 5) is 31.6. The second kappa shape index (κ2) is 12.2. The molecule has 0 spiro atoms. The summed E-state index contributed by atoms with van der Waals surface area (Å²) < 4.78 is 41.3. The van der Waals surface area contributed by atoms with Crippen LogP contribution in [0.3, 0.4) is 0 Å². The molecular weight excluding hydrogens is 570 g/mol. The van der Waals surface area contributed by atoms with Gasteiger partial charge in [-0.1, -0.05) is 12.1 Å². The molecule has 3 heterocycles. The first-order valence-corrected chi connectivity index (χ1v) is 14.2. The third-order valence-electron chi connectivity index (χ3n) is 6.72. The van der Waals surface area contributed by atoms with E-state index in [0.29, 0.717) is 34.1 Å². The van der Waals surface area contributed by atoms with Gasteiger partial charge in [0.1, 0.15) is 16.6 Å². The smallest absolute Gasteiger partial charge is 0.362 e. The van der Waals surface area contributed by atoms with E-state index in [1.807, 2.05) is 27.7 Å². The molecule has 2 N–H and O–H groups in total. The van der Waals surface area contributed by atoms with Crippen LogP contribution in [0.5, 0.6) is 23.0 Å². The summed E-state index contributed by atoms with van der Waals surface area (Å²) in [5.74, 6) is 0.537. The zero-order chi connectivity index (χ0) is 31.7. The number of anilines is 1. The number of aromatic nitrogens is 2. The number of carbonyl (C=O) groups excluding carboxylic acids is 1. The van der Waals surface area contributed by atoms with E-state index >= 15 is 0 Å². The van der Waals surface area contributed by atoms with Crippen LogP contribution in [0.2, 0.25) is 0 Å². The van der Waals surface area contributed by atoms with Gasteiger partial charge in [0.2, 0.25) is 11.4 Å². The third-order valence-corrected chi connectivity index (χ3v) is 6.72. The van der Waals surface area contributed by atoms with E-state index in [1.165, 1.54) is 11.7 Å². The van der Waals surface area contributed by atoms with Crippen LogP contribution in [0.25, 0.3) is 17.5 Å². The maximum atomic E-state index is 13.6. The fraction of sp³-hybridized carbons (Fsp3) is 0.344. The van der Waals surface area contributed by atoms with E-state index in [2.05, 4.69) is 4.98 Å². The molecule has 12 heteroatoms. The number of esters is 1. The van der Waals surface area contributed by atoms with Crippen LogP contribution in [-0.4, -0.2) is 48.6 Å². The molecule has 1 atom stereocenters. The van der Waals surface area contributed by atoms with Crippen molar-refractivity contribution in [1.29, 1.82) is 0 Å². The molecule has 44 heavy (non-hydrogen) atoms. The van der Waals surface area contributed by atoms with Gasteiger partial charge in [-0.05, 0) is 76.1 Å². The molecule has 2 aromatic heterocycles. The van der Waals surface area contributed by atoms with Crippen molar-refractivity contribution in [2.45, 2.75) is 52.7 Å². The first kappa shape index (κ1) is 30.3. The molecule has 0 bridgehead atoms. The molecule has 2 aromatic carbocycles. The molecule has 5 rings (SSSR count). The highest BCUT2D eigenvalue weighted by Crippen LogP contribution is 2.41. The van der Waals surface area contributed by atoms with Crippen LogP contribution in [0, 0.1) is 0 Å². The van der Waals surface area contributed by atoms with Crippen LogP contribution in [0.4, 0.5) is 6.01 Å². The summed E-state index contributed by atoms with van der Waals surface area (Å²) in [5, 5.41) is 0.0665. The van der Waals surface area contributed by atoms with Crippen molar-refractivity contribution in [3.05, 3.63) is 74.5 Å².